The topological polar surface area (TPSA) is 78.3 Å². The number of carbonyl (C=O) groups is 1. The number of nitrogens with zero attached hydrogens (tertiary/aromatic N) is 3. The highest BCUT2D eigenvalue weighted by Gasteiger charge is 2.24. The van der Waals surface area contributed by atoms with E-state index in [2.05, 4.69) is 38.3 Å². The van der Waals surface area contributed by atoms with Gasteiger partial charge in [0, 0.05) is 12.2 Å². The minimum absolute atomic E-state index is 0.0179. The number of thioether (sulfide) groups is 1. The van der Waals surface area contributed by atoms with Crippen LogP contribution in [0.5, 0.6) is 5.75 Å². The first-order valence-electron chi connectivity index (χ1n) is 11.9. The zero-order valence-electron chi connectivity index (χ0n) is 19.4. The third kappa shape index (κ3) is 5.13. The summed E-state index contributed by atoms with van der Waals surface area (Å²) in [6.45, 7) is 1.47. The molecular weight excluding hydrogens is 448 g/mol. The Kier molecular flexibility index (Phi) is 7.16. The van der Waals surface area contributed by atoms with E-state index in [9.17, 15) is 4.79 Å². The summed E-state index contributed by atoms with van der Waals surface area (Å²) >= 11 is 1.43. The number of fused-ring (bicyclic) bond motifs is 1. The molecule has 0 spiro atoms. The maximum atomic E-state index is 12.9. The van der Waals surface area contributed by atoms with Gasteiger partial charge in [-0.05, 0) is 67.5 Å². The smallest absolute Gasteiger partial charge is 0.230 e. The quantitative estimate of drug-likeness (QED) is 0.483. The number of methoxy groups -OCH3 is 1. The van der Waals surface area contributed by atoms with Gasteiger partial charge in [-0.1, -0.05) is 36.0 Å². The van der Waals surface area contributed by atoms with Gasteiger partial charge in [0.05, 0.1) is 31.6 Å². The first-order valence-corrected chi connectivity index (χ1v) is 12.9. The highest BCUT2D eigenvalue weighted by Crippen LogP contribution is 2.30. The number of benzene rings is 2. The maximum absolute atomic E-state index is 12.9. The molecule has 2 unspecified atom stereocenters. The van der Waals surface area contributed by atoms with Crippen molar-refractivity contribution in [2.75, 3.05) is 19.5 Å². The van der Waals surface area contributed by atoms with Crippen molar-refractivity contribution < 1.29 is 14.3 Å². The molecular formula is C26H30N4O3S. The summed E-state index contributed by atoms with van der Waals surface area (Å²) in [7, 11) is 1.65. The van der Waals surface area contributed by atoms with Gasteiger partial charge in [0.1, 0.15) is 5.75 Å². The lowest BCUT2D eigenvalue weighted by Gasteiger charge is -2.26. The Labute approximate surface area is 204 Å². The molecule has 1 N–H and O–H groups in total. The molecule has 3 aromatic rings. The zero-order valence-corrected chi connectivity index (χ0v) is 20.2. The second kappa shape index (κ2) is 10.6. The molecule has 2 heterocycles. The number of hydrogen-bond donors (Lipinski definition) is 1. The van der Waals surface area contributed by atoms with Crippen LogP contribution in [0.1, 0.15) is 42.9 Å². The van der Waals surface area contributed by atoms with Crippen LogP contribution in [-0.2, 0) is 22.5 Å². The normalized spacial score (nSPS) is 19.6. The third-order valence-electron chi connectivity index (χ3n) is 6.51. The van der Waals surface area contributed by atoms with Gasteiger partial charge in [-0.25, -0.2) is 0 Å². The minimum atomic E-state index is 0.0179. The molecule has 0 radical (unpaired) electrons. The van der Waals surface area contributed by atoms with E-state index >= 15 is 0 Å². The van der Waals surface area contributed by atoms with Crippen LogP contribution in [0.2, 0.25) is 0 Å². The molecule has 178 valence electrons. The molecule has 1 saturated heterocycles. The van der Waals surface area contributed by atoms with Gasteiger partial charge in [0.15, 0.2) is 11.0 Å². The van der Waals surface area contributed by atoms with Crippen molar-refractivity contribution in [2.45, 2.75) is 56.0 Å². The summed E-state index contributed by atoms with van der Waals surface area (Å²) in [5.74, 6) is 1.89. The van der Waals surface area contributed by atoms with Gasteiger partial charge in [-0.3, -0.25) is 9.36 Å². The van der Waals surface area contributed by atoms with Crippen LogP contribution in [-0.4, -0.2) is 46.2 Å². The molecule has 7 nitrogen and oxygen atoms in total. The lowest BCUT2D eigenvalue weighted by atomic mass is 9.88. The Hall–Kier alpha value is -2.84. The maximum Gasteiger partial charge on any atom is 0.230 e. The van der Waals surface area contributed by atoms with Crippen LogP contribution < -0.4 is 10.1 Å². The van der Waals surface area contributed by atoms with Crippen LogP contribution in [0.3, 0.4) is 0 Å². The highest BCUT2D eigenvalue weighted by atomic mass is 32.2. The monoisotopic (exact) mass is 478 g/mol. The zero-order chi connectivity index (χ0) is 23.3. The predicted molar refractivity (Wildman–Crippen MR) is 132 cm³/mol. The molecule has 0 bridgehead atoms. The number of hydrogen-bond acceptors (Lipinski definition) is 6. The van der Waals surface area contributed by atoms with Crippen molar-refractivity contribution in [3.05, 3.63) is 59.7 Å². The Balaban J connectivity index is 1.30. The van der Waals surface area contributed by atoms with E-state index in [-0.39, 0.29) is 18.1 Å². The minimum Gasteiger partial charge on any atom is -0.497 e. The van der Waals surface area contributed by atoms with Crippen molar-refractivity contribution in [3.63, 3.8) is 0 Å². The average molecular weight is 479 g/mol. The fourth-order valence-corrected chi connectivity index (χ4v) is 5.53. The standard InChI is InChI=1S/C26H30N4O3S/c1-32-20-13-11-19(12-14-20)25-28-29-26(30(25)16-21-8-5-15-33-21)34-17-24(31)27-23-10-4-7-18-6-2-3-9-22(18)23/h2-3,6,9,11-14,21,23H,4-5,7-8,10,15-17H2,1H3,(H,27,31). The van der Waals surface area contributed by atoms with Gasteiger partial charge in [-0.15, -0.1) is 10.2 Å². The Morgan fingerprint density at radius 1 is 1.15 bits per heavy atom. The largest absolute Gasteiger partial charge is 0.497 e. The van der Waals surface area contributed by atoms with Crippen LogP contribution in [0.4, 0.5) is 0 Å². The van der Waals surface area contributed by atoms with Crippen LogP contribution in [0.25, 0.3) is 11.4 Å². The number of ether oxygens (including phenoxy) is 2. The molecule has 1 aromatic heterocycles. The van der Waals surface area contributed by atoms with Crippen molar-refractivity contribution in [3.8, 4) is 17.1 Å². The number of rotatable bonds is 8. The number of carbonyl (C=O) groups excluding carboxylic acids is 1. The van der Waals surface area contributed by atoms with E-state index in [1.54, 1.807) is 7.11 Å². The molecule has 2 atom stereocenters. The summed E-state index contributed by atoms with van der Waals surface area (Å²) in [5, 5.41) is 12.9. The molecule has 8 heteroatoms. The van der Waals surface area contributed by atoms with Gasteiger partial charge in [0.25, 0.3) is 0 Å². The summed E-state index contributed by atoms with van der Waals surface area (Å²) < 4.78 is 13.3. The fourth-order valence-electron chi connectivity index (χ4n) is 4.78. The number of aryl methyl sites for hydroxylation is 1. The molecule has 1 amide bonds. The highest BCUT2D eigenvalue weighted by molar-refractivity contribution is 7.99. The van der Waals surface area contributed by atoms with E-state index in [4.69, 9.17) is 9.47 Å². The van der Waals surface area contributed by atoms with Gasteiger partial charge < -0.3 is 14.8 Å². The molecule has 34 heavy (non-hydrogen) atoms. The number of nitrogens with one attached hydrogen (secondary N) is 1. The van der Waals surface area contributed by atoms with Crippen molar-refractivity contribution in [2.24, 2.45) is 0 Å². The predicted octanol–water partition coefficient (Wildman–Crippen LogP) is 4.42. The summed E-state index contributed by atoms with van der Waals surface area (Å²) in [5.41, 5.74) is 3.55. The lowest BCUT2D eigenvalue weighted by Crippen LogP contribution is -2.32. The molecule has 1 aliphatic heterocycles. The van der Waals surface area contributed by atoms with Gasteiger partial charge in [0.2, 0.25) is 5.91 Å². The third-order valence-corrected chi connectivity index (χ3v) is 7.48. The first-order chi connectivity index (χ1) is 16.7. The lowest BCUT2D eigenvalue weighted by molar-refractivity contribution is -0.119. The molecule has 2 aliphatic rings. The van der Waals surface area contributed by atoms with E-state index in [0.717, 1.165) is 61.0 Å². The molecule has 5 rings (SSSR count). The molecule has 1 aliphatic carbocycles. The van der Waals surface area contributed by atoms with Crippen LogP contribution in [0.15, 0.2) is 53.7 Å². The number of aromatic nitrogens is 3. The van der Waals surface area contributed by atoms with Crippen LogP contribution >= 0.6 is 11.8 Å². The first kappa shape index (κ1) is 22.9. The van der Waals surface area contributed by atoms with E-state index in [0.29, 0.717) is 12.3 Å². The molecule has 1 fully saturated rings. The van der Waals surface area contributed by atoms with Crippen molar-refractivity contribution in [1.29, 1.82) is 0 Å². The summed E-state index contributed by atoms with van der Waals surface area (Å²) in [6, 6.07) is 16.3. The van der Waals surface area contributed by atoms with E-state index < -0.39 is 0 Å². The fraction of sp³-hybridized carbons (Fsp3) is 0.423. The van der Waals surface area contributed by atoms with Gasteiger partial charge >= 0.3 is 0 Å². The molecule has 0 saturated carbocycles. The van der Waals surface area contributed by atoms with Crippen molar-refractivity contribution in [1.82, 2.24) is 20.1 Å². The summed E-state index contributed by atoms with van der Waals surface area (Å²) in [6.07, 6.45) is 5.38. The van der Waals surface area contributed by atoms with Crippen LogP contribution in [0, 0.1) is 0 Å². The van der Waals surface area contributed by atoms with Gasteiger partial charge in [-0.2, -0.15) is 0 Å². The molecule has 2 aromatic carbocycles. The Bertz CT molecular complexity index is 1130. The average Bonchev–Trinajstić information content (AvgIpc) is 3.53. The van der Waals surface area contributed by atoms with E-state index in [1.165, 1.54) is 22.9 Å². The Morgan fingerprint density at radius 2 is 2.00 bits per heavy atom. The van der Waals surface area contributed by atoms with E-state index in [1.807, 2.05) is 30.3 Å². The Morgan fingerprint density at radius 3 is 2.79 bits per heavy atom. The summed E-state index contributed by atoms with van der Waals surface area (Å²) in [4.78, 5) is 12.9. The second-order valence-corrected chi connectivity index (χ2v) is 9.72. The number of amides is 1. The second-order valence-electron chi connectivity index (χ2n) is 8.78. The van der Waals surface area contributed by atoms with Crippen molar-refractivity contribution >= 4 is 17.7 Å². The SMILES string of the molecule is COc1ccc(-c2nnc(SCC(=O)NC3CCCc4ccccc43)n2CC2CCCO2)cc1.